The van der Waals surface area contributed by atoms with Crippen LogP contribution in [0.4, 0.5) is 5.82 Å². The van der Waals surface area contributed by atoms with Crippen LogP contribution in [-0.2, 0) is 17.6 Å². The second-order valence-electron chi connectivity index (χ2n) is 7.54. The van der Waals surface area contributed by atoms with Crippen molar-refractivity contribution in [1.82, 2.24) is 9.38 Å². The minimum Gasteiger partial charge on any atom is -0.369 e. The lowest BCUT2D eigenvalue weighted by Crippen LogP contribution is -2.39. The summed E-state index contributed by atoms with van der Waals surface area (Å²) in [5, 5.41) is 9.85. The van der Waals surface area contributed by atoms with E-state index in [4.69, 9.17) is 10.7 Å². The molecule has 0 spiro atoms. The molecule has 2 N–H and O–H groups in total. The molecule has 1 aromatic carbocycles. The molecule has 0 saturated carbocycles. The van der Waals surface area contributed by atoms with Gasteiger partial charge >= 0.3 is 0 Å². The van der Waals surface area contributed by atoms with Crippen LogP contribution in [0.25, 0.3) is 16.7 Å². The van der Waals surface area contributed by atoms with Crippen molar-refractivity contribution >= 4 is 28.4 Å². The summed E-state index contributed by atoms with van der Waals surface area (Å²) in [5.74, 6) is 0.925. The summed E-state index contributed by atoms with van der Waals surface area (Å²) in [6, 6.07) is 10.5. The molecule has 6 heteroatoms. The molecule has 1 aliphatic carbocycles. The number of imidazole rings is 1. The van der Waals surface area contributed by atoms with Gasteiger partial charge in [0.15, 0.2) is 5.65 Å². The minimum atomic E-state index is -0.196. The Morgan fingerprint density at radius 3 is 2.67 bits per heavy atom. The van der Waals surface area contributed by atoms with E-state index in [9.17, 15) is 10.1 Å². The van der Waals surface area contributed by atoms with Crippen LogP contribution in [0.3, 0.4) is 0 Å². The number of fused-ring (bicyclic) bond motifs is 4. The van der Waals surface area contributed by atoms with Crippen molar-refractivity contribution in [2.24, 2.45) is 11.7 Å². The molecule has 1 aliphatic heterocycles. The van der Waals surface area contributed by atoms with E-state index in [1.165, 1.54) is 5.56 Å². The number of nitriles is 1. The number of benzene rings is 1. The Kier molecular flexibility index (Phi) is 3.57. The van der Waals surface area contributed by atoms with E-state index in [0.717, 1.165) is 78.8 Å². The van der Waals surface area contributed by atoms with Crippen LogP contribution < -0.4 is 10.6 Å². The van der Waals surface area contributed by atoms with Crippen molar-refractivity contribution in [3.05, 3.63) is 41.0 Å². The predicted molar refractivity (Wildman–Crippen MR) is 104 cm³/mol. The number of para-hydroxylation sites is 2. The molecule has 3 aromatic rings. The van der Waals surface area contributed by atoms with E-state index in [-0.39, 0.29) is 11.8 Å². The second-order valence-corrected chi connectivity index (χ2v) is 7.54. The molecule has 1 saturated heterocycles. The van der Waals surface area contributed by atoms with E-state index in [1.807, 2.05) is 18.2 Å². The van der Waals surface area contributed by atoms with Gasteiger partial charge in [0.05, 0.1) is 16.6 Å². The topological polar surface area (TPSA) is 87.4 Å². The number of primary amides is 1. The molecule has 2 aliphatic rings. The number of aromatic nitrogens is 2. The maximum atomic E-state index is 11.6. The van der Waals surface area contributed by atoms with Crippen molar-refractivity contribution in [3.8, 4) is 6.07 Å². The fraction of sp³-hybridized carbons (Fsp3) is 0.381. The van der Waals surface area contributed by atoms with Gasteiger partial charge in [0.2, 0.25) is 5.91 Å². The molecule has 1 fully saturated rings. The predicted octanol–water partition coefficient (Wildman–Crippen LogP) is 2.55. The van der Waals surface area contributed by atoms with Gasteiger partial charge in [-0.05, 0) is 55.4 Å². The summed E-state index contributed by atoms with van der Waals surface area (Å²) in [5.41, 5.74) is 11.4. The average Bonchev–Trinajstić information content (AvgIpc) is 3.31. The quantitative estimate of drug-likeness (QED) is 0.762. The lowest BCUT2D eigenvalue weighted by Gasteiger charge is -2.34. The van der Waals surface area contributed by atoms with Gasteiger partial charge in [-0.25, -0.2) is 4.98 Å². The fourth-order valence-corrected chi connectivity index (χ4v) is 4.77. The van der Waals surface area contributed by atoms with Gasteiger partial charge in [-0.3, -0.25) is 9.20 Å². The number of pyridine rings is 1. The Balaban J connectivity index is 1.76. The highest BCUT2D eigenvalue weighted by Crippen LogP contribution is 2.39. The second kappa shape index (κ2) is 5.98. The minimum absolute atomic E-state index is 0.0392. The Morgan fingerprint density at radius 1 is 1.19 bits per heavy atom. The summed E-state index contributed by atoms with van der Waals surface area (Å²) in [6.07, 6.45) is 4.54. The Morgan fingerprint density at radius 2 is 1.93 bits per heavy atom. The fourth-order valence-electron chi connectivity index (χ4n) is 4.77. The number of anilines is 1. The molecule has 5 rings (SSSR count). The molecular weight excluding hydrogens is 338 g/mol. The van der Waals surface area contributed by atoms with Gasteiger partial charge in [0, 0.05) is 19.0 Å². The number of hydrogen-bond acceptors (Lipinski definition) is 4. The third-order valence-electron chi connectivity index (χ3n) is 6.09. The van der Waals surface area contributed by atoms with Crippen LogP contribution in [0.15, 0.2) is 24.3 Å². The van der Waals surface area contributed by atoms with Crippen LogP contribution in [0.2, 0.25) is 0 Å². The van der Waals surface area contributed by atoms with E-state index in [0.29, 0.717) is 0 Å². The maximum Gasteiger partial charge on any atom is 0.220 e. The number of piperidine rings is 1. The molecule has 1 amide bonds. The molecule has 0 bridgehead atoms. The zero-order chi connectivity index (χ0) is 18.5. The van der Waals surface area contributed by atoms with Crippen molar-refractivity contribution in [3.63, 3.8) is 0 Å². The molecule has 6 nitrogen and oxygen atoms in total. The third-order valence-corrected chi connectivity index (χ3v) is 6.09. The Labute approximate surface area is 157 Å². The number of carbonyl (C=O) groups excluding carboxylic acids is 1. The van der Waals surface area contributed by atoms with Crippen molar-refractivity contribution in [2.75, 3.05) is 18.0 Å². The largest absolute Gasteiger partial charge is 0.369 e. The van der Waals surface area contributed by atoms with Gasteiger partial charge in [0.25, 0.3) is 0 Å². The maximum absolute atomic E-state index is 11.6. The molecular formula is C21H21N5O. The average molecular weight is 359 g/mol. The number of hydrogen-bond donors (Lipinski definition) is 1. The summed E-state index contributed by atoms with van der Waals surface area (Å²) >= 11 is 0. The molecule has 3 heterocycles. The number of nitrogens with zero attached hydrogens (tertiary/aromatic N) is 4. The zero-order valence-corrected chi connectivity index (χ0v) is 15.1. The standard InChI is InChI=1S/C21H21N5O/c22-12-16-14-4-3-5-15(14)21(25-10-8-13(9-11-25)19(23)27)26-18-7-2-1-6-17(18)24-20(16)26/h1-2,6-7,13H,3-5,8-11H2,(H2,23,27). The summed E-state index contributed by atoms with van der Waals surface area (Å²) in [7, 11) is 0. The highest BCUT2D eigenvalue weighted by atomic mass is 16.1. The van der Waals surface area contributed by atoms with Gasteiger partial charge < -0.3 is 10.6 Å². The van der Waals surface area contributed by atoms with Crippen molar-refractivity contribution in [1.29, 1.82) is 5.26 Å². The number of carbonyl (C=O) groups is 1. The van der Waals surface area contributed by atoms with E-state index in [1.54, 1.807) is 0 Å². The SMILES string of the molecule is N#Cc1c2c(c(N3CCC(C(N)=O)CC3)n3c1nc1ccccc13)CCC2. The lowest BCUT2D eigenvalue weighted by atomic mass is 9.95. The van der Waals surface area contributed by atoms with Gasteiger partial charge in [0.1, 0.15) is 11.9 Å². The monoisotopic (exact) mass is 359 g/mol. The normalized spacial score (nSPS) is 17.4. The van der Waals surface area contributed by atoms with Crippen LogP contribution in [-0.4, -0.2) is 28.4 Å². The molecule has 2 aromatic heterocycles. The first-order chi connectivity index (χ1) is 13.2. The summed E-state index contributed by atoms with van der Waals surface area (Å²) in [4.78, 5) is 18.7. The first-order valence-electron chi connectivity index (χ1n) is 9.58. The molecule has 136 valence electrons. The first kappa shape index (κ1) is 16.1. The molecule has 0 atom stereocenters. The Bertz CT molecular complexity index is 1120. The number of nitrogens with two attached hydrogens (primary N) is 1. The highest BCUT2D eigenvalue weighted by Gasteiger charge is 2.31. The summed E-state index contributed by atoms with van der Waals surface area (Å²) < 4.78 is 2.17. The van der Waals surface area contributed by atoms with Gasteiger partial charge in [-0.15, -0.1) is 0 Å². The lowest BCUT2D eigenvalue weighted by molar-refractivity contribution is -0.122. The first-order valence-corrected chi connectivity index (χ1v) is 9.58. The van der Waals surface area contributed by atoms with Crippen molar-refractivity contribution in [2.45, 2.75) is 32.1 Å². The van der Waals surface area contributed by atoms with E-state index < -0.39 is 0 Å². The molecule has 0 radical (unpaired) electrons. The third kappa shape index (κ3) is 2.31. The van der Waals surface area contributed by atoms with Gasteiger partial charge in [-0.2, -0.15) is 5.26 Å². The number of amides is 1. The summed E-state index contributed by atoms with van der Waals surface area (Å²) in [6.45, 7) is 1.60. The molecule has 27 heavy (non-hydrogen) atoms. The number of rotatable bonds is 2. The van der Waals surface area contributed by atoms with Crippen LogP contribution in [0.5, 0.6) is 0 Å². The van der Waals surface area contributed by atoms with E-state index in [2.05, 4.69) is 21.4 Å². The van der Waals surface area contributed by atoms with Crippen LogP contribution >= 0.6 is 0 Å². The molecule has 0 unspecified atom stereocenters. The van der Waals surface area contributed by atoms with Crippen LogP contribution in [0.1, 0.15) is 36.0 Å². The van der Waals surface area contributed by atoms with E-state index >= 15 is 0 Å². The van der Waals surface area contributed by atoms with Crippen molar-refractivity contribution < 1.29 is 4.79 Å². The van der Waals surface area contributed by atoms with Crippen LogP contribution in [0, 0.1) is 17.2 Å². The smallest absolute Gasteiger partial charge is 0.220 e. The Hall–Kier alpha value is -3.07. The highest BCUT2D eigenvalue weighted by molar-refractivity contribution is 5.87. The van der Waals surface area contributed by atoms with Gasteiger partial charge in [-0.1, -0.05) is 12.1 Å². The zero-order valence-electron chi connectivity index (χ0n) is 15.1.